The van der Waals surface area contributed by atoms with E-state index in [0.29, 0.717) is 0 Å². The summed E-state index contributed by atoms with van der Waals surface area (Å²) < 4.78 is 4.73. The number of nitrogens with two attached hydrogens (primary N) is 1. The van der Waals surface area contributed by atoms with E-state index in [2.05, 4.69) is 15.6 Å². The van der Waals surface area contributed by atoms with E-state index >= 15 is 0 Å². The Hall–Kier alpha value is -1.79. The summed E-state index contributed by atoms with van der Waals surface area (Å²) in [6, 6.07) is -0.104. The van der Waals surface area contributed by atoms with Crippen molar-refractivity contribution in [3.05, 3.63) is 0 Å². The molecule has 0 radical (unpaired) electrons. The first-order valence-electron chi connectivity index (χ1n) is 3.26. The van der Waals surface area contributed by atoms with E-state index < -0.39 is 11.8 Å². The number of amidine groups is 1. The maximum Gasteiger partial charge on any atom is 0.370 e. The first-order valence-corrected chi connectivity index (χ1v) is 3.26. The number of rotatable bonds is 0. The average Bonchev–Trinajstić information content (AvgIpc) is 1.94. The van der Waals surface area contributed by atoms with Crippen LogP contribution in [0, 0.1) is 0 Å². The predicted octanol–water partition coefficient (Wildman–Crippen LogP) is -2.77. The second kappa shape index (κ2) is 1.87. The van der Waals surface area contributed by atoms with E-state index in [1.54, 1.807) is 0 Å². The summed E-state index contributed by atoms with van der Waals surface area (Å²) in [7, 11) is 0. The predicted molar refractivity (Wildman–Crippen MR) is 36.6 cm³/mol. The minimum Gasteiger partial charge on any atom is -0.409 e. The molecule has 2 heterocycles. The summed E-state index contributed by atoms with van der Waals surface area (Å²) in [4.78, 5) is 25.5. The number of amides is 2. The van der Waals surface area contributed by atoms with Gasteiger partial charge in [0.25, 0.3) is 6.02 Å². The summed E-state index contributed by atoms with van der Waals surface area (Å²) >= 11 is 0. The van der Waals surface area contributed by atoms with E-state index in [9.17, 15) is 9.59 Å². The van der Waals surface area contributed by atoms with Crippen LogP contribution in [0.1, 0.15) is 0 Å². The van der Waals surface area contributed by atoms with E-state index in [4.69, 9.17) is 10.5 Å². The molecule has 2 rings (SSSR count). The third-order valence-corrected chi connectivity index (χ3v) is 1.55. The van der Waals surface area contributed by atoms with Crippen LogP contribution < -0.4 is 16.4 Å². The van der Waals surface area contributed by atoms with Crippen LogP contribution in [0.2, 0.25) is 0 Å². The van der Waals surface area contributed by atoms with Gasteiger partial charge in [0.15, 0.2) is 0 Å². The molecular weight excluding hydrogens is 164 g/mol. The van der Waals surface area contributed by atoms with E-state index in [1.807, 2.05) is 0 Å². The van der Waals surface area contributed by atoms with Crippen molar-refractivity contribution in [2.75, 3.05) is 6.54 Å². The second-order valence-electron chi connectivity index (χ2n) is 2.43. The number of hydrogen-bond donors (Lipinski definition) is 3. The van der Waals surface area contributed by atoms with Gasteiger partial charge in [-0.2, -0.15) is 4.99 Å². The molecule has 0 saturated carbocycles. The summed E-state index contributed by atoms with van der Waals surface area (Å²) in [5, 5.41) is 4.58. The molecule has 7 nitrogen and oxygen atoms in total. The molecule has 64 valence electrons. The van der Waals surface area contributed by atoms with Crippen LogP contribution in [0.15, 0.2) is 4.99 Å². The second-order valence-corrected chi connectivity index (χ2v) is 2.43. The zero-order chi connectivity index (χ0) is 8.77. The number of ether oxygens (including phenoxy) is 1. The van der Waals surface area contributed by atoms with Crippen LogP contribution in [0.25, 0.3) is 0 Å². The Balaban J connectivity index is 2.24. The van der Waals surface area contributed by atoms with Gasteiger partial charge in [-0.15, -0.1) is 0 Å². The molecule has 1 spiro atoms. The summed E-state index contributed by atoms with van der Waals surface area (Å²) in [5.41, 5.74) is 5.09. The lowest BCUT2D eigenvalue weighted by Crippen LogP contribution is -2.71. The topological polar surface area (TPSA) is 106 Å². The Bertz CT molecular complexity index is 299. The molecule has 0 aromatic rings. The van der Waals surface area contributed by atoms with Crippen LogP contribution in [0.5, 0.6) is 0 Å². The van der Waals surface area contributed by atoms with Crippen molar-refractivity contribution in [3.63, 3.8) is 0 Å². The van der Waals surface area contributed by atoms with Gasteiger partial charge in [0.05, 0.1) is 6.54 Å². The van der Waals surface area contributed by atoms with Crippen molar-refractivity contribution in [3.8, 4) is 0 Å². The molecule has 0 aromatic heterocycles. The Morgan fingerprint density at radius 3 is 2.83 bits per heavy atom. The smallest absolute Gasteiger partial charge is 0.370 e. The lowest BCUT2D eigenvalue weighted by Gasteiger charge is -2.37. The fraction of sp³-hybridized carbons (Fsp3) is 0.400. The van der Waals surface area contributed by atoms with Crippen LogP contribution in [0.4, 0.5) is 0 Å². The maximum absolute atomic E-state index is 11.1. The summed E-state index contributed by atoms with van der Waals surface area (Å²) in [5.74, 6) is -2.44. The first kappa shape index (κ1) is 6.89. The molecule has 12 heavy (non-hydrogen) atoms. The number of carbonyl (C=O) groups is 2. The molecule has 1 saturated heterocycles. The average molecular weight is 170 g/mol. The summed E-state index contributed by atoms with van der Waals surface area (Å²) in [6.07, 6.45) is 0. The fourth-order valence-corrected chi connectivity index (χ4v) is 1.03. The molecule has 4 N–H and O–H groups in total. The zero-order valence-corrected chi connectivity index (χ0v) is 5.96. The molecule has 1 fully saturated rings. The zero-order valence-electron chi connectivity index (χ0n) is 5.96. The number of piperazine rings is 1. The Morgan fingerprint density at radius 1 is 1.58 bits per heavy atom. The van der Waals surface area contributed by atoms with E-state index in [1.165, 1.54) is 0 Å². The van der Waals surface area contributed by atoms with E-state index in [0.717, 1.165) is 0 Å². The fourth-order valence-electron chi connectivity index (χ4n) is 1.03. The summed E-state index contributed by atoms with van der Waals surface area (Å²) in [6.45, 7) is -0.0562. The SMILES string of the molecule is NC1=NC2(NC(=O)CNC2=O)O1. The number of carbonyl (C=O) groups excluding carboxylic acids is 2. The van der Waals surface area contributed by atoms with Crippen molar-refractivity contribution in [2.45, 2.75) is 5.85 Å². The molecule has 1 unspecified atom stereocenters. The maximum atomic E-state index is 11.1. The van der Waals surface area contributed by atoms with Crippen molar-refractivity contribution < 1.29 is 14.3 Å². The molecule has 0 aliphatic carbocycles. The normalized spacial score (nSPS) is 32.8. The van der Waals surface area contributed by atoms with Gasteiger partial charge < -0.3 is 15.8 Å². The van der Waals surface area contributed by atoms with Crippen LogP contribution in [0.3, 0.4) is 0 Å². The monoisotopic (exact) mass is 170 g/mol. The van der Waals surface area contributed by atoms with Gasteiger partial charge in [-0.05, 0) is 0 Å². The van der Waals surface area contributed by atoms with Crippen LogP contribution in [-0.4, -0.2) is 30.2 Å². The Labute approximate surface area is 67.0 Å². The molecule has 2 aliphatic heterocycles. The molecule has 1 atom stereocenters. The first-order chi connectivity index (χ1) is 5.62. The molecule has 0 bridgehead atoms. The van der Waals surface area contributed by atoms with Gasteiger partial charge in [-0.25, -0.2) is 0 Å². The highest BCUT2D eigenvalue weighted by Gasteiger charge is 2.52. The molecule has 0 aromatic carbocycles. The highest BCUT2D eigenvalue weighted by atomic mass is 16.6. The van der Waals surface area contributed by atoms with Gasteiger partial charge in [0, 0.05) is 0 Å². The van der Waals surface area contributed by atoms with E-state index in [-0.39, 0.29) is 18.5 Å². The lowest BCUT2D eigenvalue weighted by molar-refractivity contribution is -0.157. The number of aliphatic imine (C=N–C) groups is 1. The quantitative estimate of drug-likeness (QED) is 0.366. The van der Waals surface area contributed by atoms with Gasteiger partial charge in [-0.3, -0.25) is 14.9 Å². The highest BCUT2D eigenvalue weighted by Crippen LogP contribution is 2.19. The Morgan fingerprint density at radius 2 is 2.25 bits per heavy atom. The minimum absolute atomic E-state index is 0.0562. The van der Waals surface area contributed by atoms with Gasteiger partial charge in [0.2, 0.25) is 5.91 Å². The molecule has 2 amide bonds. The molecule has 7 heteroatoms. The lowest BCUT2D eigenvalue weighted by atomic mass is 10.2. The van der Waals surface area contributed by atoms with Crippen LogP contribution in [-0.2, 0) is 14.3 Å². The third kappa shape index (κ3) is 0.728. The standard InChI is InChI=1S/C5H6N4O3/c6-4-9-5(12-4)3(11)7-1-2(10)8-5/h1H2,(H2,6,9)(H,7,11)(H,8,10). The van der Waals surface area contributed by atoms with Crippen LogP contribution >= 0.6 is 0 Å². The number of hydrogen-bond acceptors (Lipinski definition) is 5. The van der Waals surface area contributed by atoms with Gasteiger partial charge in [-0.1, -0.05) is 0 Å². The number of nitrogens with zero attached hydrogens (tertiary/aromatic N) is 1. The van der Waals surface area contributed by atoms with Crippen molar-refractivity contribution in [2.24, 2.45) is 10.7 Å². The highest BCUT2D eigenvalue weighted by molar-refractivity contribution is 6.01. The van der Waals surface area contributed by atoms with Gasteiger partial charge in [0.1, 0.15) is 0 Å². The molecular formula is C5H6N4O3. The van der Waals surface area contributed by atoms with Crippen molar-refractivity contribution in [1.82, 2.24) is 10.6 Å². The minimum atomic E-state index is -1.58. The number of nitrogens with one attached hydrogen (secondary N) is 2. The molecule has 2 aliphatic rings. The Kier molecular flexibility index (Phi) is 1.08. The van der Waals surface area contributed by atoms with Gasteiger partial charge >= 0.3 is 11.8 Å². The largest absolute Gasteiger partial charge is 0.409 e. The van der Waals surface area contributed by atoms with Crippen molar-refractivity contribution in [1.29, 1.82) is 0 Å². The third-order valence-electron chi connectivity index (χ3n) is 1.55. The van der Waals surface area contributed by atoms with Crippen molar-refractivity contribution >= 4 is 17.8 Å².